The lowest BCUT2D eigenvalue weighted by molar-refractivity contribution is 0.0897. The molecule has 1 amide bonds. The fourth-order valence-electron chi connectivity index (χ4n) is 1.98. The summed E-state index contributed by atoms with van der Waals surface area (Å²) in [4.78, 5) is 15.8. The lowest BCUT2D eigenvalue weighted by Crippen LogP contribution is -2.52. The van der Waals surface area contributed by atoms with Crippen molar-refractivity contribution in [2.75, 3.05) is 6.54 Å². The summed E-state index contributed by atoms with van der Waals surface area (Å²) in [6, 6.07) is 1.38. The van der Waals surface area contributed by atoms with Crippen LogP contribution >= 0.6 is 0 Å². The molecule has 5 heteroatoms. The standard InChI is InChI=1S/C13H21N3O2/c1-9(2)5-13(3,8-14)16-12(18)10-4-11(17)7-15-6-10/h4,6-7,9,17H,5,8,14H2,1-3H3,(H,16,18). The van der Waals surface area contributed by atoms with E-state index in [-0.39, 0.29) is 11.7 Å². The van der Waals surface area contributed by atoms with Crippen molar-refractivity contribution >= 4 is 5.91 Å². The highest BCUT2D eigenvalue weighted by molar-refractivity contribution is 5.94. The number of nitrogens with two attached hydrogens (primary N) is 1. The fourth-order valence-corrected chi connectivity index (χ4v) is 1.98. The number of hydrogen-bond acceptors (Lipinski definition) is 4. The van der Waals surface area contributed by atoms with Crippen LogP contribution in [-0.2, 0) is 0 Å². The molecule has 0 spiro atoms. The summed E-state index contributed by atoms with van der Waals surface area (Å²) in [7, 11) is 0. The largest absolute Gasteiger partial charge is 0.506 e. The Bertz CT molecular complexity index is 420. The zero-order valence-corrected chi connectivity index (χ0v) is 11.1. The van der Waals surface area contributed by atoms with Crippen LogP contribution in [0.3, 0.4) is 0 Å². The Labute approximate surface area is 107 Å². The van der Waals surface area contributed by atoms with Crippen molar-refractivity contribution in [3.05, 3.63) is 24.0 Å². The van der Waals surface area contributed by atoms with E-state index in [0.717, 1.165) is 6.42 Å². The van der Waals surface area contributed by atoms with E-state index in [1.807, 2.05) is 6.92 Å². The second-order valence-corrected chi connectivity index (χ2v) is 5.25. The predicted octanol–water partition coefficient (Wildman–Crippen LogP) is 1.28. The fraction of sp³-hybridized carbons (Fsp3) is 0.538. The summed E-state index contributed by atoms with van der Waals surface area (Å²) in [5.41, 5.74) is 5.62. The Morgan fingerprint density at radius 3 is 2.72 bits per heavy atom. The minimum Gasteiger partial charge on any atom is -0.506 e. The number of amides is 1. The molecule has 0 fully saturated rings. The van der Waals surface area contributed by atoms with Gasteiger partial charge in [0.2, 0.25) is 0 Å². The maximum Gasteiger partial charge on any atom is 0.253 e. The van der Waals surface area contributed by atoms with Crippen LogP contribution in [0, 0.1) is 5.92 Å². The second kappa shape index (κ2) is 5.82. The third kappa shape index (κ3) is 4.00. The van der Waals surface area contributed by atoms with Crippen molar-refractivity contribution in [3.63, 3.8) is 0 Å². The molecule has 1 heterocycles. The molecular weight excluding hydrogens is 230 g/mol. The van der Waals surface area contributed by atoms with Crippen molar-refractivity contribution in [2.45, 2.75) is 32.7 Å². The van der Waals surface area contributed by atoms with Crippen LogP contribution < -0.4 is 11.1 Å². The first-order chi connectivity index (χ1) is 8.36. The van der Waals surface area contributed by atoms with Gasteiger partial charge in [-0.15, -0.1) is 0 Å². The molecular formula is C13H21N3O2. The number of rotatable bonds is 5. The highest BCUT2D eigenvalue weighted by Crippen LogP contribution is 2.17. The zero-order valence-electron chi connectivity index (χ0n) is 11.1. The van der Waals surface area contributed by atoms with E-state index in [9.17, 15) is 9.90 Å². The molecule has 1 rings (SSSR count). The summed E-state index contributed by atoms with van der Waals surface area (Å²) in [6.07, 6.45) is 3.50. The Morgan fingerprint density at radius 2 is 2.22 bits per heavy atom. The highest BCUT2D eigenvalue weighted by atomic mass is 16.3. The Morgan fingerprint density at radius 1 is 1.56 bits per heavy atom. The van der Waals surface area contributed by atoms with Crippen molar-refractivity contribution in [1.82, 2.24) is 10.3 Å². The number of nitrogens with one attached hydrogen (secondary N) is 1. The van der Waals surface area contributed by atoms with Gasteiger partial charge in [-0.05, 0) is 25.3 Å². The molecule has 1 atom stereocenters. The first-order valence-electron chi connectivity index (χ1n) is 6.03. The molecule has 0 saturated carbocycles. The van der Waals surface area contributed by atoms with Gasteiger partial charge in [-0.2, -0.15) is 0 Å². The Kier molecular flexibility index (Phi) is 4.67. The summed E-state index contributed by atoms with van der Waals surface area (Å²) >= 11 is 0. The van der Waals surface area contributed by atoms with Crippen LogP contribution in [0.4, 0.5) is 0 Å². The molecule has 18 heavy (non-hydrogen) atoms. The molecule has 0 aromatic carbocycles. The first kappa shape index (κ1) is 14.4. The van der Waals surface area contributed by atoms with E-state index in [1.54, 1.807) is 0 Å². The first-order valence-corrected chi connectivity index (χ1v) is 6.03. The van der Waals surface area contributed by atoms with Gasteiger partial charge in [-0.1, -0.05) is 13.8 Å². The minimum atomic E-state index is -0.448. The predicted molar refractivity (Wildman–Crippen MR) is 70.3 cm³/mol. The van der Waals surface area contributed by atoms with Gasteiger partial charge in [-0.25, -0.2) is 0 Å². The van der Waals surface area contributed by atoms with Crippen LogP contribution in [0.2, 0.25) is 0 Å². The normalized spacial score (nSPS) is 14.3. The van der Waals surface area contributed by atoms with E-state index < -0.39 is 5.54 Å². The quantitative estimate of drug-likeness (QED) is 0.735. The Balaban J connectivity index is 2.79. The molecule has 0 saturated heterocycles. The van der Waals surface area contributed by atoms with Gasteiger partial charge in [0.05, 0.1) is 11.8 Å². The maximum atomic E-state index is 12.0. The second-order valence-electron chi connectivity index (χ2n) is 5.25. The van der Waals surface area contributed by atoms with Crippen LogP contribution in [0.15, 0.2) is 18.5 Å². The van der Waals surface area contributed by atoms with Gasteiger partial charge in [0.25, 0.3) is 5.91 Å². The number of nitrogens with zero attached hydrogens (tertiary/aromatic N) is 1. The molecule has 0 aliphatic rings. The van der Waals surface area contributed by atoms with E-state index in [1.165, 1.54) is 18.5 Å². The topological polar surface area (TPSA) is 88.2 Å². The van der Waals surface area contributed by atoms with Gasteiger partial charge in [-0.3, -0.25) is 9.78 Å². The lowest BCUT2D eigenvalue weighted by atomic mass is 9.90. The van der Waals surface area contributed by atoms with Gasteiger partial charge in [0.1, 0.15) is 5.75 Å². The van der Waals surface area contributed by atoms with Crippen LogP contribution in [0.25, 0.3) is 0 Å². The Hall–Kier alpha value is -1.62. The molecule has 0 radical (unpaired) electrons. The van der Waals surface area contributed by atoms with E-state index >= 15 is 0 Å². The maximum absolute atomic E-state index is 12.0. The van der Waals surface area contributed by atoms with Crippen LogP contribution in [0.5, 0.6) is 5.75 Å². The minimum absolute atomic E-state index is 0.0269. The number of carbonyl (C=O) groups is 1. The van der Waals surface area contributed by atoms with Crippen molar-refractivity contribution < 1.29 is 9.90 Å². The SMILES string of the molecule is CC(C)CC(C)(CN)NC(=O)c1cncc(O)c1. The molecule has 0 aliphatic carbocycles. The third-order valence-corrected chi connectivity index (χ3v) is 2.71. The smallest absolute Gasteiger partial charge is 0.253 e. The van der Waals surface area contributed by atoms with E-state index in [4.69, 9.17) is 5.73 Å². The van der Waals surface area contributed by atoms with Gasteiger partial charge >= 0.3 is 0 Å². The average Bonchev–Trinajstić information content (AvgIpc) is 2.27. The zero-order chi connectivity index (χ0) is 13.8. The summed E-state index contributed by atoms with van der Waals surface area (Å²) in [5.74, 6) is 0.133. The van der Waals surface area contributed by atoms with Gasteiger partial charge in [0.15, 0.2) is 0 Å². The molecule has 1 unspecified atom stereocenters. The monoisotopic (exact) mass is 251 g/mol. The average molecular weight is 251 g/mol. The van der Waals surface area contributed by atoms with Crippen LogP contribution in [0.1, 0.15) is 37.6 Å². The van der Waals surface area contributed by atoms with Gasteiger partial charge < -0.3 is 16.2 Å². The van der Waals surface area contributed by atoms with E-state index in [2.05, 4.69) is 24.1 Å². The number of pyridine rings is 1. The lowest BCUT2D eigenvalue weighted by Gasteiger charge is -2.31. The highest BCUT2D eigenvalue weighted by Gasteiger charge is 2.26. The molecule has 1 aromatic heterocycles. The number of aromatic nitrogens is 1. The number of hydrogen-bond donors (Lipinski definition) is 3. The summed E-state index contributed by atoms with van der Waals surface area (Å²) < 4.78 is 0. The van der Waals surface area contributed by atoms with E-state index in [0.29, 0.717) is 18.0 Å². The van der Waals surface area contributed by atoms with Crippen LogP contribution in [-0.4, -0.2) is 28.1 Å². The summed E-state index contributed by atoms with van der Waals surface area (Å²) in [6.45, 7) is 6.44. The van der Waals surface area contributed by atoms with Crippen molar-refractivity contribution in [2.24, 2.45) is 11.7 Å². The number of carbonyl (C=O) groups excluding carboxylic acids is 1. The van der Waals surface area contributed by atoms with Crippen molar-refractivity contribution in [3.8, 4) is 5.75 Å². The molecule has 1 aromatic rings. The molecule has 5 nitrogen and oxygen atoms in total. The molecule has 4 N–H and O–H groups in total. The summed E-state index contributed by atoms with van der Waals surface area (Å²) in [5, 5.41) is 12.2. The third-order valence-electron chi connectivity index (χ3n) is 2.71. The molecule has 0 aliphatic heterocycles. The van der Waals surface area contributed by atoms with Crippen molar-refractivity contribution in [1.29, 1.82) is 0 Å². The molecule has 100 valence electrons. The molecule has 0 bridgehead atoms. The van der Waals surface area contributed by atoms with Gasteiger partial charge in [0, 0.05) is 18.3 Å². The number of aromatic hydroxyl groups is 1.